The van der Waals surface area contributed by atoms with Crippen molar-refractivity contribution in [3.63, 3.8) is 0 Å². The fraction of sp³-hybridized carbons (Fsp3) is 1.00. The van der Waals surface area contributed by atoms with Gasteiger partial charge in [0.2, 0.25) is 0 Å². The molecule has 1 N–H and O–H groups in total. The topological polar surface area (TPSA) is 12.0 Å². The van der Waals surface area contributed by atoms with Crippen LogP contribution in [-0.2, 0) is 0 Å². The molecule has 0 aliphatic heterocycles. The molecular formula is C9H21NS. The first-order valence-corrected chi connectivity index (χ1v) is 5.68. The first-order valence-electron chi connectivity index (χ1n) is 4.28. The fourth-order valence-electron chi connectivity index (χ4n) is 1.21. The van der Waals surface area contributed by atoms with E-state index < -0.39 is 0 Å². The second kappa shape index (κ2) is 5.04. The van der Waals surface area contributed by atoms with E-state index in [1.807, 2.05) is 11.8 Å². The Morgan fingerprint density at radius 3 is 2.36 bits per heavy atom. The van der Waals surface area contributed by atoms with E-state index in [2.05, 4.69) is 39.4 Å². The first-order chi connectivity index (χ1) is 5.10. The van der Waals surface area contributed by atoms with Crippen LogP contribution >= 0.6 is 11.8 Å². The van der Waals surface area contributed by atoms with Gasteiger partial charge in [0, 0.05) is 11.3 Å². The van der Waals surface area contributed by atoms with Crippen molar-refractivity contribution in [2.45, 2.75) is 32.7 Å². The van der Waals surface area contributed by atoms with E-state index in [0.29, 0.717) is 5.54 Å². The predicted molar refractivity (Wildman–Crippen MR) is 55.3 cm³/mol. The monoisotopic (exact) mass is 175 g/mol. The van der Waals surface area contributed by atoms with Gasteiger partial charge >= 0.3 is 0 Å². The lowest BCUT2D eigenvalue weighted by molar-refractivity contribution is 0.288. The van der Waals surface area contributed by atoms with Crippen molar-refractivity contribution in [3.05, 3.63) is 0 Å². The highest BCUT2D eigenvalue weighted by Crippen LogP contribution is 2.22. The minimum atomic E-state index is 0.314. The van der Waals surface area contributed by atoms with Crippen LogP contribution in [0.2, 0.25) is 0 Å². The summed E-state index contributed by atoms with van der Waals surface area (Å²) in [6.45, 7) is 6.87. The summed E-state index contributed by atoms with van der Waals surface area (Å²) in [6.07, 6.45) is 3.41. The zero-order valence-corrected chi connectivity index (χ0v) is 9.22. The summed E-state index contributed by atoms with van der Waals surface area (Å²) in [5.41, 5.74) is 0.314. The third-order valence-electron chi connectivity index (χ3n) is 2.72. The molecule has 0 bridgehead atoms. The van der Waals surface area contributed by atoms with Gasteiger partial charge in [0.15, 0.2) is 0 Å². The number of thioether (sulfide) groups is 1. The van der Waals surface area contributed by atoms with Gasteiger partial charge in [-0.05, 0) is 26.1 Å². The molecule has 0 aliphatic rings. The van der Waals surface area contributed by atoms with Crippen molar-refractivity contribution in [1.82, 2.24) is 5.32 Å². The van der Waals surface area contributed by atoms with Gasteiger partial charge in [0.1, 0.15) is 0 Å². The second-order valence-corrected chi connectivity index (χ2v) is 4.28. The Morgan fingerprint density at radius 2 is 2.09 bits per heavy atom. The van der Waals surface area contributed by atoms with Crippen molar-refractivity contribution in [2.24, 2.45) is 5.92 Å². The van der Waals surface area contributed by atoms with Gasteiger partial charge in [-0.2, -0.15) is 11.8 Å². The minimum Gasteiger partial charge on any atom is -0.313 e. The Morgan fingerprint density at radius 1 is 1.55 bits per heavy atom. The van der Waals surface area contributed by atoms with Gasteiger partial charge in [0.25, 0.3) is 0 Å². The first kappa shape index (κ1) is 11.3. The zero-order valence-electron chi connectivity index (χ0n) is 8.40. The molecule has 0 aromatic heterocycles. The van der Waals surface area contributed by atoms with Crippen LogP contribution in [0, 0.1) is 5.92 Å². The molecule has 2 unspecified atom stereocenters. The molecule has 2 atom stereocenters. The lowest BCUT2D eigenvalue weighted by Crippen LogP contribution is -2.47. The minimum absolute atomic E-state index is 0.314. The second-order valence-electron chi connectivity index (χ2n) is 3.41. The highest BCUT2D eigenvalue weighted by atomic mass is 32.2. The molecule has 1 nitrogen and oxygen atoms in total. The molecule has 0 heterocycles. The Balaban J connectivity index is 4.07. The Kier molecular flexibility index (Phi) is 5.19. The molecule has 0 aromatic carbocycles. The smallest absolute Gasteiger partial charge is 0.0266 e. The van der Waals surface area contributed by atoms with Gasteiger partial charge in [-0.3, -0.25) is 0 Å². The summed E-state index contributed by atoms with van der Waals surface area (Å²) < 4.78 is 0. The molecule has 0 saturated heterocycles. The van der Waals surface area contributed by atoms with Crippen molar-refractivity contribution in [2.75, 3.05) is 19.1 Å². The molecular weight excluding hydrogens is 154 g/mol. The SMILES string of the molecule is CCC(C)C(C)(CSC)NC. The van der Waals surface area contributed by atoms with Crippen molar-refractivity contribution >= 4 is 11.8 Å². The van der Waals surface area contributed by atoms with Crippen molar-refractivity contribution < 1.29 is 0 Å². The highest BCUT2D eigenvalue weighted by molar-refractivity contribution is 7.98. The molecule has 2 heteroatoms. The van der Waals surface area contributed by atoms with Crippen LogP contribution in [0.1, 0.15) is 27.2 Å². The van der Waals surface area contributed by atoms with E-state index in [1.165, 1.54) is 12.2 Å². The molecule has 0 radical (unpaired) electrons. The average Bonchev–Trinajstić information content (AvgIpc) is 2.03. The van der Waals surface area contributed by atoms with Crippen LogP contribution in [0.5, 0.6) is 0 Å². The van der Waals surface area contributed by atoms with Gasteiger partial charge < -0.3 is 5.32 Å². The number of hydrogen-bond acceptors (Lipinski definition) is 2. The van der Waals surface area contributed by atoms with Crippen LogP contribution in [0.4, 0.5) is 0 Å². The maximum absolute atomic E-state index is 3.41. The van der Waals surface area contributed by atoms with Crippen LogP contribution in [0.25, 0.3) is 0 Å². The predicted octanol–water partition coefficient (Wildman–Crippen LogP) is 2.37. The standard InChI is InChI=1S/C9H21NS/c1-6-8(2)9(3,10-4)7-11-5/h8,10H,6-7H2,1-5H3. The zero-order chi connectivity index (χ0) is 8.91. The van der Waals surface area contributed by atoms with E-state index in [-0.39, 0.29) is 0 Å². The van der Waals surface area contributed by atoms with E-state index in [4.69, 9.17) is 0 Å². The summed E-state index contributed by atoms with van der Waals surface area (Å²) in [7, 11) is 2.06. The third-order valence-corrected chi connectivity index (χ3v) is 3.60. The molecule has 68 valence electrons. The lowest BCUT2D eigenvalue weighted by atomic mass is 9.87. The summed E-state index contributed by atoms with van der Waals surface area (Å²) in [6, 6.07) is 0. The normalized spacial score (nSPS) is 19.4. The summed E-state index contributed by atoms with van der Waals surface area (Å²) in [5, 5.41) is 3.41. The van der Waals surface area contributed by atoms with Crippen LogP contribution in [0.3, 0.4) is 0 Å². The molecule has 0 fully saturated rings. The van der Waals surface area contributed by atoms with Gasteiger partial charge in [-0.1, -0.05) is 20.3 Å². The molecule has 0 amide bonds. The van der Waals surface area contributed by atoms with Crippen LogP contribution in [0.15, 0.2) is 0 Å². The van der Waals surface area contributed by atoms with Crippen LogP contribution in [-0.4, -0.2) is 24.6 Å². The van der Waals surface area contributed by atoms with E-state index >= 15 is 0 Å². The maximum atomic E-state index is 3.41. The van der Waals surface area contributed by atoms with E-state index in [1.54, 1.807) is 0 Å². The fourth-order valence-corrected chi connectivity index (χ4v) is 2.24. The molecule has 0 spiro atoms. The molecule has 0 aliphatic carbocycles. The Bertz CT molecular complexity index is 106. The summed E-state index contributed by atoms with van der Waals surface area (Å²) >= 11 is 1.91. The lowest BCUT2D eigenvalue weighted by Gasteiger charge is -2.34. The quantitative estimate of drug-likeness (QED) is 0.688. The summed E-state index contributed by atoms with van der Waals surface area (Å²) in [5.74, 6) is 1.94. The largest absolute Gasteiger partial charge is 0.313 e. The molecule has 0 saturated carbocycles. The van der Waals surface area contributed by atoms with Crippen molar-refractivity contribution in [3.8, 4) is 0 Å². The van der Waals surface area contributed by atoms with Gasteiger partial charge in [0.05, 0.1) is 0 Å². The van der Waals surface area contributed by atoms with E-state index in [0.717, 1.165) is 5.92 Å². The van der Waals surface area contributed by atoms with Crippen molar-refractivity contribution in [1.29, 1.82) is 0 Å². The number of rotatable bonds is 5. The van der Waals surface area contributed by atoms with Crippen LogP contribution < -0.4 is 5.32 Å². The molecule has 11 heavy (non-hydrogen) atoms. The average molecular weight is 175 g/mol. The number of nitrogens with one attached hydrogen (secondary N) is 1. The van der Waals surface area contributed by atoms with Gasteiger partial charge in [-0.15, -0.1) is 0 Å². The molecule has 0 rings (SSSR count). The highest BCUT2D eigenvalue weighted by Gasteiger charge is 2.26. The molecule has 0 aromatic rings. The maximum Gasteiger partial charge on any atom is 0.0266 e. The van der Waals surface area contributed by atoms with E-state index in [9.17, 15) is 0 Å². The Labute approximate surface area is 75.3 Å². The van der Waals surface area contributed by atoms with Gasteiger partial charge in [-0.25, -0.2) is 0 Å². The third kappa shape index (κ3) is 3.04. The Hall–Kier alpha value is 0.310. The number of hydrogen-bond donors (Lipinski definition) is 1. The summed E-state index contributed by atoms with van der Waals surface area (Å²) in [4.78, 5) is 0.